The summed E-state index contributed by atoms with van der Waals surface area (Å²) in [6.07, 6.45) is 3.96. The first-order valence-corrected chi connectivity index (χ1v) is 6.96. The molecular formula is C15H21ClO2. The van der Waals surface area contributed by atoms with Crippen molar-refractivity contribution in [3.63, 3.8) is 0 Å². The van der Waals surface area contributed by atoms with Crippen molar-refractivity contribution in [2.24, 2.45) is 0 Å². The van der Waals surface area contributed by atoms with E-state index in [9.17, 15) is 0 Å². The molecule has 3 heteroatoms. The third kappa shape index (κ3) is 3.63. The molecule has 2 atom stereocenters. The zero-order valence-electron chi connectivity index (χ0n) is 11.1. The molecule has 0 radical (unpaired) electrons. The van der Waals surface area contributed by atoms with Crippen molar-refractivity contribution in [1.29, 1.82) is 0 Å². The summed E-state index contributed by atoms with van der Waals surface area (Å²) >= 11 is 6.23. The summed E-state index contributed by atoms with van der Waals surface area (Å²) in [5, 5.41) is 0.264. The van der Waals surface area contributed by atoms with Crippen LogP contribution in [-0.4, -0.2) is 24.7 Å². The third-order valence-electron chi connectivity index (χ3n) is 3.64. The highest BCUT2D eigenvalue weighted by molar-refractivity contribution is 6.20. The van der Waals surface area contributed by atoms with E-state index < -0.39 is 0 Å². The molecule has 2 unspecified atom stereocenters. The number of rotatable bonds is 4. The van der Waals surface area contributed by atoms with Crippen molar-refractivity contribution < 1.29 is 9.47 Å². The summed E-state index contributed by atoms with van der Waals surface area (Å²) in [6.45, 7) is 2.96. The number of hydrogen-bond donors (Lipinski definition) is 0. The number of methoxy groups -OCH3 is 1. The fourth-order valence-corrected chi connectivity index (χ4v) is 2.85. The molecule has 1 aliphatic rings. The van der Waals surface area contributed by atoms with Crippen LogP contribution in [0.25, 0.3) is 0 Å². The number of hydrogen-bond acceptors (Lipinski definition) is 2. The Bertz CT molecular complexity index is 377. The first-order chi connectivity index (χ1) is 8.61. The van der Waals surface area contributed by atoms with E-state index in [1.54, 1.807) is 7.11 Å². The van der Waals surface area contributed by atoms with Gasteiger partial charge in [-0.25, -0.2) is 0 Å². The largest absolute Gasteiger partial charge is 0.497 e. The molecule has 1 aromatic rings. The van der Waals surface area contributed by atoms with Gasteiger partial charge < -0.3 is 9.47 Å². The van der Waals surface area contributed by atoms with E-state index in [1.165, 1.54) is 5.56 Å². The second-order valence-corrected chi connectivity index (χ2v) is 5.85. The van der Waals surface area contributed by atoms with E-state index in [2.05, 4.69) is 19.1 Å². The summed E-state index contributed by atoms with van der Waals surface area (Å²) in [5.74, 6) is 0.903. The molecule has 1 fully saturated rings. The SMILES string of the molecule is COc1ccc(CCC2(C)CC(Cl)CCO2)cc1. The van der Waals surface area contributed by atoms with Crippen molar-refractivity contribution in [1.82, 2.24) is 0 Å². The van der Waals surface area contributed by atoms with Gasteiger partial charge in [-0.3, -0.25) is 0 Å². The van der Waals surface area contributed by atoms with Crippen LogP contribution in [0.5, 0.6) is 5.75 Å². The maximum Gasteiger partial charge on any atom is 0.118 e. The Hall–Kier alpha value is -0.730. The Morgan fingerprint density at radius 3 is 2.72 bits per heavy atom. The number of aryl methyl sites for hydroxylation is 1. The number of halogens is 1. The minimum atomic E-state index is -0.0649. The third-order valence-corrected chi connectivity index (χ3v) is 4.01. The Morgan fingerprint density at radius 1 is 1.39 bits per heavy atom. The second kappa shape index (κ2) is 5.94. The topological polar surface area (TPSA) is 18.5 Å². The Kier molecular flexibility index (Phi) is 4.52. The van der Waals surface area contributed by atoms with E-state index in [1.807, 2.05) is 12.1 Å². The molecule has 1 aromatic carbocycles. The van der Waals surface area contributed by atoms with E-state index in [0.29, 0.717) is 0 Å². The molecule has 0 saturated carbocycles. The number of benzene rings is 1. The van der Waals surface area contributed by atoms with Crippen LogP contribution in [0, 0.1) is 0 Å². The molecule has 18 heavy (non-hydrogen) atoms. The lowest BCUT2D eigenvalue weighted by molar-refractivity contribution is -0.0681. The van der Waals surface area contributed by atoms with Gasteiger partial charge in [0.1, 0.15) is 5.75 Å². The van der Waals surface area contributed by atoms with Crippen molar-refractivity contribution in [3.8, 4) is 5.75 Å². The minimum absolute atomic E-state index is 0.0649. The van der Waals surface area contributed by atoms with Gasteiger partial charge in [0.2, 0.25) is 0 Å². The molecular weight excluding hydrogens is 248 g/mol. The van der Waals surface area contributed by atoms with Crippen LogP contribution in [0.15, 0.2) is 24.3 Å². The lowest BCUT2D eigenvalue weighted by Crippen LogP contribution is -2.37. The smallest absolute Gasteiger partial charge is 0.118 e. The minimum Gasteiger partial charge on any atom is -0.497 e. The summed E-state index contributed by atoms with van der Waals surface area (Å²) < 4.78 is 11.0. The Labute approximate surface area is 114 Å². The molecule has 2 rings (SSSR count). The maximum atomic E-state index is 6.23. The molecule has 0 amide bonds. The van der Waals surface area contributed by atoms with Gasteiger partial charge in [-0.05, 0) is 50.3 Å². The Morgan fingerprint density at radius 2 is 2.11 bits per heavy atom. The van der Waals surface area contributed by atoms with Crippen molar-refractivity contribution in [2.45, 2.75) is 43.6 Å². The molecule has 1 aliphatic heterocycles. The molecule has 0 N–H and O–H groups in total. The molecule has 1 heterocycles. The van der Waals surface area contributed by atoms with E-state index in [-0.39, 0.29) is 11.0 Å². The van der Waals surface area contributed by atoms with Crippen LogP contribution in [0.2, 0.25) is 0 Å². The van der Waals surface area contributed by atoms with Gasteiger partial charge in [0, 0.05) is 12.0 Å². The van der Waals surface area contributed by atoms with Crippen LogP contribution < -0.4 is 4.74 Å². The van der Waals surface area contributed by atoms with Crippen LogP contribution in [0.1, 0.15) is 31.7 Å². The van der Waals surface area contributed by atoms with Crippen molar-refractivity contribution in [3.05, 3.63) is 29.8 Å². The van der Waals surface area contributed by atoms with Gasteiger partial charge in [-0.15, -0.1) is 11.6 Å². The molecule has 100 valence electrons. The predicted molar refractivity (Wildman–Crippen MR) is 74.5 cm³/mol. The number of alkyl halides is 1. The van der Waals surface area contributed by atoms with Crippen LogP contribution in [0.3, 0.4) is 0 Å². The van der Waals surface area contributed by atoms with Crippen molar-refractivity contribution >= 4 is 11.6 Å². The summed E-state index contributed by atoms with van der Waals surface area (Å²) in [7, 11) is 1.69. The van der Waals surface area contributed by atoms with Gasteiger partial charge in [0.15, 0.2) is 0 Å². The number of ether oxygens (including phenoxy) is 2. The highest BCUT2D eigenvalue weighted by Gasteiger charge is 2.31. The molecule has 0 bridgehead atoms. The lowest BCUT2D eigenvalue weighted by atomic mass is 9.89. The van der Waals surface area contributed by atoms with Crippen LogP contribution >= 0.6 is 11.6 Å². The Balaban J connectivity index is 1.89. The van der Waals surface area contributed by atoms with E-state index in [0.717, 1.165) is 38.0 Å². The highest BCUT2D eigenvalue weighted by Crippen LogP contribution is 2.32. The molecule has 0 spiro atoms. The molecule has 2 nitrogen and oxygen atoms in total. The zero-order valence-corrected chi connectivity index (χ0v) is 11.9. The van der Waals surface area contributed by atoms with Gasteiger partial charge in [0.25, 0.3) is 0 Å². The van der Waals surface area contributed by atoms with Gasteiger partial charge in [-0.1, -0.05) is 12.1 Å². The normalized spacial score (nSPS) is 28.1. The molecule has 0 aromatic heterocycles. The average Bonchev–Trinajstić information content (AvgIpc) is 2.37. The quantitative estimate of drug-likeness (QED) is 0.774. The predicted octanol–water partition coefficient (Wildman–Crippen LogP) is 3.80. The monoisotopic (exact) mass is 268 g/mol. The second-order valence-electron chi connectivity index (χ2n) is 5.24. The summed E-state index contributed by atoms with van der Waals surface area (Å²) in [4.78, 5) is 0. The maximum absolute atomic E-state index is 6.23. The zero-order chi connectivity index (χ0) is 13.0. The summed E-state index contributed by atoms with van der Waals surface area (Å²) in [5.41, 5.74) is 1.25. The fourth-order valence-electron chi connectivity index (χ4n) is 2.44. The standard InChI is InChI=1S/C15H21ClO2/c1-15(11-13(16)8-10-18-15)9-7-12-3-5-14(17-2)6-4-12/h3-6,13H,7-11H2,1-2H3. The van der Waals surface area contributed by atoms with E-state index >= 15 is 0 Å². The van der Waals surface area contributed by atoms with Gasteiger partial charge in [-0.2, -0.15) is 0 Å². The van der Waals surface area contributed by atoms with Crippen LogP contribution in [0.4, 0.5) is 0 Å². The van der Waals surface area contributed by atoms with Crippen molar-refractivity contribution in [2.75, 3.05) is 13.7 Å². The van der Waals surface area contributed by atoms with E-state index in [4.69, 9.17) is 21.1 Å². The lowest BCUT2D eigenvalue weighted by Gasteiger charge is -2.36. The highest BCUT2D eigenvalue weighted by atomic mass is 35.5. The van der Waals surface area contributed by atoms with Gasteiger partial charge >= 0.3 is 0 Å². The molecule has 0 aliphatic carbocycles. The van der Waals surface area contributed by atoms with Gasteiger partial charge in [0.05, 0.1) is 12.7 Å². The average molecular weight is 269 g/mol. The first-order valence-electron chi connectivity index (χ1n) is 6.52. The van der Waals surface area contributed by atoms with Crippen LogP contribution in [-0.2, 0) is 11.2 Å². The fraction of sp³-hybridized carbons (Fsp3) is 0.600. The first kappa shape index (κ1) is 13.7. The summed E-state index contributed by atoms with van der Waals surface area (Å²) in [6, 6.07) is 8.24. The molecule has 1 saturated heterocycles.